The SMILES string of the molecule is CCC[Si](Cl)=[Hf+2]. The topological polar surface area (TPSA) is 0 Å². The summed E-state index contributed by atoms with van der Waals surface area (Å²) in [6.45, 7) is 2.19. The first-order chi connectivity index (χ1) is 2.77. The van der Waals surface area contributed by atoms with E-state index in [2.05, 4.69) is 6.92 Å². The molecule has 0 bridgehead atoms. The van der Waals surface area contributed by atoms with Crippen LogP contribution in [0.1, 0.15) is 13.3 Å². The van der Waals surface area contributed by atoms with Gasteiger partial charge in [0.05, 0.1) is 0 Å². The maximum atomic E-state index is 5.74. The standard InChI is InChI=1S/C3H7ClSi.Hf/c1-2-3-5-4;/h2-3H2,1H3;/q;+2. The molecule has 0 amide bonds. The van der Waals surface area contributed by atoms with E-state index < -0.39 is 0 Å². The van der Waals surface area contributed by atoms with Gasteiger partial charge in [-0.3, -0.25) is 0 Å². The molecular formula is C3H7ClHfSi+2. The van der Waals surface area contributed by atoms with Crippen LogP contribution >= 0.6 is 11.1 Å². The molecule has 0 N–H and O–H groups in total. The van der Waals surface area contributed by atoms with E-state index in [4.69, 9.17) is 11.1 Å². The van der Waals surface area contributed by atoms with E-state index in [1.54, 1.807) is 0 Å². The molecule has 0 aliphatic carbocycles. The maximum absolute atomic E-state index is 5.74. The molecule has 0 aromatic rings. The van der Waals surface area contributed by atoms with Gasteiger partial charge in [-0.15, -0.1) is 0 Å². The van der Waals surface area contributed by atoms with Crippen LogP contribution in [-0.4, -0.2) is 4.80 Å². The Bertz CT molecular complexity index is 54.8. The van der Waals surface area contributed by atoms with Crippen molar-refractivity contribution >= 4 is 15.9 Å². The van der Waals surface area contributed by atoms with Gasteiger partial charge in [-0.25, -0.2) is 0 Å². The minimum absolute atomic E-state index is 0.274. The van der Waals surface area contributed by atoms with E-state index in [0.29, 0.717) is 0 Å². The molecule has 0 saturated carbocycles. The summed E-state index contributed by atoms with van der Waals surface area (Å²) in [5.74, 6) is 0. The molecular weight excluding hydrogens is 278 g/mol. The van der Waals surface area contributed by atoms with Crippen LogP contribution < -0.4 is 0 Å². The van der Waals surface area contributed by atoms with Crippen LogP contribution in [0.25, 0.3) is 0 Å². The average molecular weight is 285 g/mol. The Kier molecular flexibility index (Phi) is 5.57. The molecule has 32 valence electrons. The van der Waals surface area contributed by atoms with Gasteiger partial charge in [0.15, 0.2) is 0 Å². The summed E-state index contributed by atoms with van der Waals surface area (Å²) < 4.78 is 0. The van der Waals surface area contributed by atoms with Gasteiger partial charge in [0.2, 0.25) is 0 Å². The quantitative estimate of drug-likeness (QED) is 0.535. The Morgan fingerprint density at radius 2 is 2.33 bits per heavy atom. The molecule has 0 aromatic carbocycles. The average Bonchev–Trinajstić information content (AvgIpc) is 1.35. The van der Waals surface area contributed by atoms with Crippen molar-refractivity contribution in [1.82, 2.24) is 0 Å². The number of hydrogen-bond donors (Lipinski definition) is 0. The second-order valence-electron chi connectivity index (χ2n) is 1.15. The molecule has 0 aromatic heterocycles. The van der Waals surface area contributed by atoms with Crippen molar-refractivity contribution in [3.8, 4) is 0 Å². The zero-order valence-electron chi connectivity index (χ0n) is 3.79. The Balaban J connectivity index is 2.83. The van der Waals surface area contributed by atoms with Crippen LogP contribution in [0.4, 0.5) is 0 Å². The molecule has 0 unspecified atom stereocenters. The Hall–Kier alpha value is 1.38. The molecule has 0 aliphatic heterocycles. The molecule has 0 heterocycles. The van der Waals surface area contributed by atoms with Crippen LogP contribution in [0.5, 0.6) is 0 Å². The van der Waals surface area contributed by atoms with Gasteiger partial charge in [0.1, 0.15) is 0 Å². The van der Waals surface area contributed by atoms with E-state index in [-0.39, 0.29) is 4.80 Å². The van der Waals surface area contributed by atoms with E-state index >= 15 is 0 Å². The van der Waals surface area contributed by atoms with Crippen LogP contribution in [0.15, 0.2) is 0 Å². The summed E-state index contributed by atoms with van der Waals surface area (Å²) in [4.78, 5) is -0.274. The van der Waals surface area contributed by atoms with Gasteiger partial charge in [0.25, 0.3) is 0 Å². The number of halogens is 1. The van der Waals surface area contributed by atoms with Crippen molar-refractivity contribution < 1.29 is 23.0 Å². The summed E-state index contributed by atoms with van der Waals surface area (Å²) in [5.41, 5.74) is 0. The molecule has 6 heavy (non-hydrogen) atoms. The fourth-order valence-corrected chi connectivity index (χ4v) is 3.92. The van der Waals surface area contributed by atoms with Gasteiger partial charge in [-0.1, -0.05) is 0 Å². The summed E-state index contributed by atoms with van der Waals surface area (Å²) in [6, 6.07) is 1.30. The normalized spacial score (nSPS) is 8.67. The second-order valence-corrected chi connectivity index (χ2v) is 13.8. The molecule has 0 rings (SSSR count). The second kappa shape index (κ2) is 4.53. The first-order valence-corrected chi connectivity index (χ1v) is 10.1. The van der Waals surface area contributed by atoms with Crippen molar-refractivity contribution in [2.24, 2.45) is 0 Å². The molecule has 3 heteroatoms. The third kappa shape index (κ3) is 5.38. The fourth-order valence-electron chi connectivity index (χ4n) is 0.219. The van der Waals surface area contributed by atoms with Crippen molar-refractivity contribution in [2.45, 2.75) is 19.4 Å². The van der Waals surface area contributed by atoms with Gasteiger partial charge in [0, 0.05) is 0 Å². The van der Waals surface area contributed by atoms with Gasteiger partial charge in [-0.05, 0) is 0 Å². The fraction of sp³-hybridized carbons (Fsp3) is 1.00. The molecule has 0 radical (unpaired) electrons. The Morgan fingerprint density at radius 3 is 2.33 bits per heavy atom. The Morgan fingerprint density at radius 1 is 1.83 bits per heavy atom. The van der Waals surface area contributed by atoms with Crippen LogP contribution in [-0.2, 0) is 23.0 Å². The van der Waals surface area contributed by atoms with Gasteiger partial charge >= 0.3 is 58.3 Å². The van der Waals surface area contributed by atoms with Crippen molar-refractivity contribution in [2.75, 3.05) is 0 Å². The van der Waals surface area contributed by atoms with Gasteiger partial charge < -0.3 is 0 Å². The summed E-state index contributed by atoms with van der Waals surface area (Å²) in [6.07, 6.45) is 1.28. The molecule has 0 nitrogen and oxygen atoms in total. The predicted molar refractivity (Wildman–Crippen MR) is 26.7 cm³/mol. The Labute approximate surface area is 58.1 Å². The molecule has 0 atom stereocenters. The number of rotatable bonds is 2. The van der Waals surface area contributed by atoms with E-state index in [1.165, 1.54) is 35.5 Å². The third-order valence-corrected chi connectivity index (χ3v) is 4.67. The van der Waals surface area contributed by atoms with Crippen LogP contribution in [0.3, 0.4) is 0 Å². The van der Waals surface area contributed by atoms with Gasteiger partial charge in [-0.2, -0.15) is 0 Å². The van der Waals surface area contributed by atoms with Crippen LogP contribution in [0.2, 0.25) is 6.04 Å². The van der Waals surface area contributed by atoms with Crippen LogP contribution in [0, 0.1) is 0 Å². The van der Waals surface area contributed by atoms with E-state index in [1.807, 2.05) is 0 Å². The number of hydrogen-bond acceptors (Lipinski definition) is 0. The molecule has 0 spiro atoms. The minimum atomic E-state index is -0.274. The third-order valence-electron chi connectivity index (χ3n) is 0.469. The van der Waals surface area contributed by atoms with E-state index in [9.17, 15) is 0 Å². The molecule has 0 fully saturated rings. The first-order valence-electron chi connectivity index (χ1n) is 2.00. The van der Waals surface area contributed by atoms with Crippen molar-refractivity contribution in [3.63, 3.8) is 0 Å². The zero-order valence-corrected chi connectivity index (χ0v) is 9.14. The summed E-state index contributed by atoms with van der Waals surface area (Å²) >= 11 is 6.99. The monoisotopic (exact) mass is 286 g/mol. The van der Waals surface area contributed by atoms with E-state index in [0.717, 1.165) is 0 Å². The summed E-state index contributed by atoms with van der Waals surface area (Å²) in [5, 5.41) is 0. The molecule has 0 aliphatic rings. The zero-order chi connectivity index (χ0) is 4.99. The first kappa shape index (κ1) is 7.38. The summed E-state index contributed by atoms with van der Waals surface area (Å²) in [7, 11) is 0. The van der Waals surface area contributed by atoms with Crippen molar-refractivity contribution in [3.05, 3.63) is 0 Å². The van der Waals surface area contributed by atoms with Crippen molar-refractivity contribution in [1.29, 1.82) is 0 Å². The molecule has 0 saturated heterocycles. The predicted octanol–water partition coefficient (Wildman–Crippen LogP) is 1.67.